The lowest BCUT2D eigenvalue weighted by Gasteiger charge is -2.11. The van der Waals surface area contributed by atoms with Crippen LogP contribution in [0.3, 0.4) is 0 Å². The molecule has 0 aliphatic heterocycles. The van der Waals surface area contributed by atoms with E-state index in [2.05, 4.69) is 10.1 Å². The van der Waals surface area contributed by atoms with Gasteiger partial charge in [0.15, 0.2) is 0 Å². The third-order valence-corrected chi connectivity index (χ3v) is 5.09. The van der Waals surface area contributed by atoms with Gasteiger partial charge in [0.25, 0.3) is 5.56 Å². The first-order chi connectivity index (χ1) is 14.1. The van der Waals surface area contributed by atoms with Gasteiger partial charge in [-0.1, -0.05) is 30.3 Å². The number of aryl methyl sites for hydroxylation is 1. The highest BCUT2D eigenvalue weighted by Crippen LogP contribution is 2.26. The van der Waals surface area contributed by atoms with Crippen LogP contribution in [0.15, 0.2) is 77.9 Å². The highest BCUT2D eigenvalue weighted by molar-refractivity contribution is 5.84. The van der Waals surface area contributed by atoms with Crippen LogP contribution in [0, 0.1) is 5.82 Å². The van der Waals surface area contributed by atoms with E-state index in [1.54, 1.807) is 15.3 Å². The maximum atomic E-state index is 14.9. The van der Waals surface area contributed by atoms with Gasteiger partial charge in [-0.25, -0.2) is 9.37 Å². The Balaban J connectivity index is 1.53. The SMILES string of the molecule is Cn1cc2cc(-c3ccc(Cn4c(=O)cnc5ccccc54)c(F)c3)ccc2n1. The standard InChI is InChI=1S/C23H17FN4O/c1-27-13-18-10-15(8-9-20(18)26-27)16-6-7-17(19(24)11-16)14-28-22-5-3-2-4-21(22)25-12-23(28)29/h2-13H,14H2,1H3. The highest BCUT2D eigenvalue weighted by atomic mass is 19.1. The Morgan fingerprint density at radius 3 is 2.62 bits per heavy atom. The van der Waals surface area contributed by atoms with Crippen LogP contribution >= 0.6 is 0 Å². The smallest absolute Gasteiger partial charge is 0.269 e. The molecule has 2 heterocycles. The average molecular weight is 384 g/mol. The summed E-state index contributed by atoms with van der Waals surface area (Å²) in [6.07, 6.45) is 3.21. The summed E-state index contributed by atoms with van der Waals surface area (Å²) in [5.74, 6) is -0.346. The van der Waals surface area contributed by atoms with E-state index in [4.69, 9.17) is 0 Å². The minimum absolute atomic E-state index is 0.148. The largest absolute Gasteiger partial charge is 0.301 e. The predicted molar refractivity (Wildman–Crippen MR) is 111 cm³/mol. The van der Waals surface area contributed by atoms with Crippen molar-refractivity contribution >= 4 is 21.9 Å². The fourth-order valence-corrected chi connectivity index (χ4v) is 3.63. The van der Waals surface area contributed by atoms with Crippen molar-refractivity contribution in [3.63, 3.8) is 0 Å². The molecule has 0 radical (unpaired) electrons. The zero-order chi connectivity index (χ0) is 20.0. The van der Waals surface area contributed by atoms with Crippen molar-refractivity contribution in [2.45, 2.75) is 6.54 Å². The minimum Gasteiger partial charge on any atom is -0.301 e. The number of para-hydroxylation sites is 2. The summed E-state index contributed by atoms with van der Waals surface area (Å²) in [5.41, 5.74) is 4.19. The van der Waals surface area contributed by atoms with Crippen LogP contribution < -0.4 is 5.56 Å². The second-order valence-corrected chi connectivity index (χ2v) is 7.05. The van der Waals surface area contributed by atoms with E-state index in [-0.39, 0.29) is 17.9 Å². The number of hydrogen-bond donors (Lipinski definition) is 0. The molecule has 5 nitrogen and oxygen atoms in total. The van der Waals surface area contributed by atoms with Crippen molar-refractivity contribution in [2.24, 2.45) is 7.05 Å². The Hall–Kier alpha value is -3.80. The number of fused-ring (bicyclic) bond motifs is 2. The molecular weight excluding hydrogens is 367 g/mol. The molecule has 0 saturated heterocycles. The fourth-order valence-electron chi connectivity index (χ4n) is 3.63. The van der Waals surface area contributed by atoms with Gasteiger partial charge in [0.05, 0.1) is 29.3 Å². The summed E-state index contributed by atoms with van der Waals surface area (Å²) in [7, 11) is 1.87. The van der Waals surface area contributed by atoms with Gasteiger partial charge in [0.2, 0.25) is 0 Å². The number of hydrogen-bond acceptors (Lipinski definition) is 3. The van der Waals surface area contributed by atoms with Gasteiger partial charge in [0, 0.05) is 24.2 Å². The van der Waals surface area contributed by atoms with Gasteiger partial charge < -0.3 is 4.57 Å². The van der Waals surface area contributed by atoms with E-state index in [0.29, 0.717) is 16.6 Å². The normalized spacial score (nSPS) is 11.4. The minimum atomic E-state index is -0.346. The molecule has 0 saturated carbocycles. The third-order valence-electron chi connectivity index (χ3n) is 5.09. The molecule has 2 aromatic heterocycles. The van der Waals surface area contributed by atoms with Crippen molar-refractivity contribution in [3.05, 3.63) is 94.8 Å². The molecule has 0 amide bonds. The van der Waals surface area contributed by atoms with Crippen LogP contribution in [-0.4, -0.2) is 19.3 Å². The molecule has 0 spiro atoms. The van der Waals surface area contributed by atoms with Gasteiger partial charge in [-0.2, -0.15) is 5.10 Å². The second kappa shape index (κ2) is 6.67. The molecule has 0 aliphatic carbocycles. The van der Waals surface area contributed by atoms with E-state index in [1.165, 1.54) is 12.3 Å². The monoisotopic (exact) mass is 384 g/mol. The molecule has 5 aromatic rings. The Kier molecular flexibility index (Phi) is 3.98. The van der Waals surface area contributed by atoms with Crippen LogP contribution in [0.1, 0.15) is 5.56 Å². The zero-order valence-corrected chi connectivity index (χ0v) is 15.7. The lowest BCUT2D eigenvalue weighted by atomic mass is 10.0. The molecule has 29 heavy (non-hydrogen) atoms. The molecule has 0 aliphatic rings. The van der Waals surface area contributed by atoms with Crippen LogP contribution in [0.5, 0.6) is 0 Å². The molecule has 0 N–H and O–H groups in total. The van der Waals surface area contributed by atoms with Crippen molar-refractivity contribution in [2.75, 3.05) is 0 Å². The zero-order valence-electron chi connectivity index (χ0n) is 15.7. The Morgan fingerprint density at radius 1 is 0.966 bits per heavy atom. The first-order valence-corrected chi connectivity index (χ1v) is 9.25. The topological polar surface area (TPSA) is 52.7 Å². The molecule has 0 fully saturated rings. The lowest BCUT2D eigenvalue weighted by Crippen LogP contribution is -2.21. The van der Waals surface area contributed by atoms with E-state index in [1.807, 2.05) is 61.8 Å². The molecule has 3 aromatic carbocycles. The fraction of sp³-hybridized carbons (Fsp3) is 0.0870. The van der Waals surface area contributed by atoms with E-state index >= 15 is 0 Å². The Bertz CT molecular complexity index is 1430. The van der Waals surface area contributed by atoms with Crippen LogP contribution in [0.2, 0.25) is 0 Å². The maximum Gasteiger partial charge on any atom is 0.269 e. The molecular formula is C23H17FN4O. The molecule has 5 rings (SSSR count). The van der Waals surface area contributed by atoms with E-state index in [0.717, 1.165) is 22.0 Å². The van der Waals surface area contributed by atoms with Crippen molar-refractivity contribution < 1.29 is 4.39 Å². The summed E-state index contributed by atoms with van der Waals surface area (Å²) in [5, 5.41) is 5.37. The van der Waals surface area contributed by atoms with Gasteiger partial charge >= 0.3 is 0 Å². The highest BCUT2D eigenvalue weighted by Gasteiger charge is 2.10. The van der Waals surface area contributed by atoms with Gasteiger partial charge in [0.1, 0.15) is 5.82 Å². The van der Waals surface area contributed by atoms with Crippen LogP contribution in [0.4, 0.5) is 4.39 Å². The summed E-state index contributed by atoms with van der Waals surface area (Å²) >= 11 is 0. The lowest BCUT2D eigenvalue weighted by molar-refractivity contribution is 0.599. The summed E-state index contributed by atoms with van der Waals surface area (Å²) in [6.45, 7) is 0.148. The van der Waals surface area contributed by atoms with Crippen molar-refractivity contribution in [1.29, 1.82) is 0 Å². The van der Waals surface area contributed by atoms with Crippen molar-refractivity contribution in [1.82, 2.24) is 19.3 Å². The Labute approximate surface area is 165 Å². The van der Waals surface area contributed by atoms with E-state index < -0.39 is 0 Å². The van der Waals surface area contributed by atoms with Gasteiger partial charge in [-0.3, -0.25) is 9.48 Å². The first kappa shape index (κ1) is 17.3. The number of halogens is 1. The molecule has 0 bridgehead atoms. The number of benzene rings is 3. The molecule has 142 valence electrons. The van der Waals surface area contributed by atoms with Gasteiger partial charge in [-0.15, -0.1) is 0 Å². The van der Waals surface area contributed by atoms with E-state index in [9.17, 15) is 9.18 Å². The van der Waals surface area contributed by atoms with Crippen LogP contribution in [0.25, 0.3) is 33.1 Å². The molecule has 0 atom stereocenters. The molecule has 0 unspecified atom stereocenters. The van der Waals surface area contributed by atoms with Crippen LogP contribution in [-0.2, 0) is 13.6 Å². The van der Waals surface area contributed by atoms with Gasteiger partial charge in [-0.05, 0) is 41.5 Å². The molecule has 6 heteroatoms. The first-order valence-electron chi connectivity index (χ1n) is 9.25. The summed E-state index contributed by atoms with van der Waals surface area (Å²) in [6, 6.07) is 18.3. The number of rotatable bonds is 3. The summed E-state index contributed by atoms with van der Waals surface area (Å²) in [4.78, 5) is 16.5. The maximum absolute atomic E-state index is 14.9. The second-order valence-electron chi connectivity index (χ2n) is 7.05. The Morgan fingerprint density at radius 2 is 1.76 bits per heavy atom. The number of nitrogens with zero attached hydrogens (tertiary/aromatic N) is 4. The quantitative estimate of drug-likeness (QED) is 0.470. The summed E-state index contributed by atoms with van der Waals surface area (Å²) < 4.78 is 18.2. The third kappa shape index (κ3) is 3.08. The van der Waals surface area contributed by atoms with Crippen molar-refractivity contribution in [3.8, 4) is 11.1 Å². The average Bonchev–Trinajstić information content (AvgIpc) is 3.10. The predicted octanol–water partition coefficient (Wildman–Crippen LogP) is 4.14. The number of aromatic nitrogens is 4.